The van der Waals surface area contributed by atoms with Crippen LogP contribution in [-0.2, 0) is 25.4 Å². The average molecular weight is 462 g/mol. The van der Waals surface area contributed by atoms with Crippen molar-refractivity contribution in [3.05, 3.63) is 47.7 Å². The minimum absolute atomic E-state index is 0.0530. The van der Waals surface area contributed by atoms with Crippen LogP contribution in [0.1, 0.15) is 39.2 Å². The Kier molecular flexibility index (Phi) is 11.0. The number of alkyl halides is 3. The lowest BCUT2D eigenvalue weighted by Gasteiger charge is -2.36. The summed E-state index contributed by atoms with van der Waals surface area (Å²) in [5.41, 5.74) is 0.720. The molecule has 0 radical (unpaired) electrons. The number of halogens is 3. The number of hydrogen-bond donors (Lipinski definition) is 0. The van der Waals surface area contributed by atoms with Crippen LogP contribution in [0.5, 0.6) is 0 Å². The molecule has 2 rings (SSSR count). The van der Waals surface area contributed by atoms with Crippen LogP contribution in [-0.4, -0.2) is 63.0 Å². The van der Waals surface area contributed by atoms with Crippen LogP contribution in [0.25, 0.3) is 0 Å². The van der Waals surface area contributed by atoms with Gasteiger partial charge < -0.3 is 23.8 Å². The van der Waals surface area contributed by atoms with Crippen molar-refractivity contribution in [3.63, 3.8) is 0 Å². The van der Waals surface area contributed by atoms with Crippen molar-refractivity contribution in [2.75, 3.05) is 27.9 Å². The molecule has 1 aliphatic heterocycles. The zero-order chi connectivity index (χ0) is 24.4. The Balaban J connectivity index is 0.000000433. The number of rotatable bonds is 6. The number of methoxy groups -OCH3 is 3. The minimum Gasteiger partial charge on any atom is -0.501 e. The van der Waals surface area contributed by atoms with Crippen LogP contribution in [0.15, 0.2) is 42.2 Å². The number of amides is 1. The van der Waals surface area contributed by atoms with Gasteiger partial charge in [0, 0.05) is 33.2 Å². The van der Waals surface area contributed by atoms with E-state index in [-0.39, 0.29) is 12.1 Å². The van der Waals surface area contributed by atoms with Crippen LogP contribution in [0, 0.1) is 0 Å². The molecule has 32 heavy (non-hydrogen) atoms. The third-order valence-corrected chi connectivity index (χ3v) is 4.52. The van der Waals surface area contributed by atoms with Gasteiger partial charge in [-0.3, -0.25) is 0 Å². The van der Waals surface area contributed by atoms with Crippen molar-refractivity contribution in [1.82, 2.24) is 4.90 Å². The van der Waals surface area contributed by atoms with E-state index in [1.54, 1.807) is 12.0 Å². The molecule has 1 aliphatic rings. The molecule has 0 N–H and O–H groups in total. The topological polar surface area (TPSA) is 57.2 Å². The fourth-order valence-electron chi connectivity index (χ4n) is 3.01. The van der Waals surface area contributed by atoms with Crippen molar-refractivity contribution in [2.45, 2.75) is 64.1 Å². The molecule has 0 aromatic heterocycles. The summed E-state index contributed by atoms with van der Waals surface area (Å²) in [6.45, 7) is 6.18. The molecule has 0 saturated carbocycles. The largest absolute Gasteiger partial charge is 0.501 e. The molecule has 1 aromatic carbocycles. The van der Waals surface area contributed by atoms with Gasteiger partial charge in [-0.2, -0.15) is 13.2 Å². The van der Waals surface area contributed by atoms with Crippen molar-refractivity contribution >= 4 is 6.09 Å². The quantitative estimate of drug-likeness (QED) is 0.536. The Morgan fingerprint density at radius 2 is 1.69 bits per heavy atom. The van der Waals surface area contributed by atoms with Gasteiger partial charge in [0.15, 0.2) is 6.29 Å². The molecule has 0 saturated heterocycles. The maximum absolute atomic E-state index is 12.4. The normalized spacial score (nSPS) is 16.8. The van der Waals surface area contributed by atoms with Crippen LogP contribution in [0.4, 0.5) is 18.0 Å². The lowest BCUT2D eigenvalue weighted by Crippen LogP contribution is -2.46. The summed E-state index contributed by atoms with van der Waals surface area (Å²) < 4.78 is 54.1. The molecular weight excluding hydrogens is 427 g/mol. The van der Waals surface area contributed by atoms with Crippen molar-refractivity contribution < 1.29 is 36.9 Å². The highest BCUT2D eigenvalue weighted by atomic mass is 19.4. The first-order chi connectivity index (χ1) is 14.9. The second-order valence-corrected chi connectivity index (χ2v) is 8.28. The van der Waals surface area contributed by atoms with Gasteiger partial charge in [0.25, 0.3) is 0 Å². The predicted molar refractivity (Wildman–Crippen MR) is 115 cm³/mol. The van der Waals surface area contributed by atoms with Gasteiger partial charge in [-0.05, 0) is 38.8 Å². The number of carbonyl (C=O) groups is 1. The second kappa shape index (κ2) is 12.7. The van der Waals surface area contributed by atoms with Gasteiger partial charge in [-0.15, -0.1) is 0 Å². The lowest BCUT2D eigenvalue weighted by molar-refractivity contribution is -0.205. The molecule has 1 aromatic rings. The van der Waals surface area contributed by atoms with E-state index >= 15 is 0 Å². The highest BCUT2D eigenvalue weighted by Crippen LogP contribution is 2.24. The third kappa shape index (κ3) is 10.9. The number of hydrogen-bond acceptors (Lipinski definition) is 5. The van der Waals surface area contributed by atoms with Crippen LogP contribution < -0.4 is 0 Å². The maximum Gasteiger partial charge on any atom is 0.410 e. The molecule has 0 spiro atoms. The molecule has 1 atom stereocenters. The minimum atomic E-state index is -4.23. The summed E-state index contributed by atoms with van der Waals surface area (Å²) in [6, 6.07) is 10.2. The van der Waals surface area contributed by atoms with Crippen molar-refractivity contribution in [2.24, 2.45) is 0 Å². The van der Waals surface area contributed by atoms with Crippen LogP contribution >= 0.6 is 0 Å². The zero-order valence-electron chi connectivity index (χ0n) is 19.6. The van der Waals surface area contributed by atoms with E-state index < -0.39 is 24.5 Å². The van der Waals surface area contributed by atoms with E-state index in [0.29, 0.717) is 13.0 Å². The molecular formula is C23H34F3NO5. The van der Waals surface area contributed by atoms with Crippen LogP contribution in [0.3, 0.4) is 0 Å². The summed E-state index contributed by atoms with van der Waals surface area (Å²) in [4.78, 5) is 14.2. The molecule has 182 valence electrons. The predicted octanol–water partition coefficient (Wildman–Crippen LogP) is 5.33. The first kappa shape index (κ1) is 27.8. The smallest absolute Gasteiger partial charge is 0.410 e. The molecule has 1 amide bonds. The van der Waals surface area contributed by atoms with Gasteiger partial charge >= 0.3 is 12.3 Å². The van der Waals surface area contributed by atoms with E-state index in [4.69, 9.17) is 9.47 Å². The molecule has 0 aliphatic carbocycles. The summed E-state index contributed by atoms with van der Waals surface area (Å²) in [7, 11) is 4.01. The summed E-state index contributed by atoms with van der Waals surface area (Å²) in [5.74, 6) is 0.931. The number of carbonyl (C=O) groups excluding carboxylic acids is 1. The molecule has 9 heteroatoms. The summed E-state index contributed by atoms with van der Waals surface area (Å²) in [6.07, 6.45) is -3.28. The van der Waals surface area contributed by atoms with E-state index in [1.165, 1.54) is 19.8 Å². The van der Waals surface area contributed by atoms with Crippen molar-refractivity contribution in [1.29, 1.82) is 0 Å². The van der Waals surface area contributed by atoms with E-state index in [2.05, 4.69) is 21.6 Å². The second-order valence-electron chi connectivity index (χ2n) is 8.28. The van der Waals surface area contributed by atoms with E-state index in [9.17, 15) is 18.0 Å². The monoisotopic (exact) mass is 461 g/mol. The van der Waals surface area contributed by atoms with Crippen molar-refractivity contribution in [3.8, 4) is 0 Å². The Labute approximate surface area is 188 Å². The fraction of sp³-hybridized carbons (Fsp3) is 0.609. The Bertz CT molecular complexity index is 713. The van der Waals surface area contributed by atoms with Gasteiger partial charge in [-0.25, -0.2) is 4.79 Å². The lowest BCUT2D eigenvalue weighted by atomic mass is 9.98. The fourth-order valence-corrected chi connectivity index (χ4v) is 3.01. The van der Waals surface area contributed by atoms with E-state index in [0.717, 1.165) is 12.2 Å². The molecule has 0 unspecified atom stereocenters. The Morgan fingerprint density at radius 1 is 1.09 bits per heavy atom. The van der Waals surface area contributed by atoms with Gasteiger partial charge in [0.1, 0.15) is 5.60 Å². The summed E-state index contributed by atoms with van der Waals surface area (Å²) >= 11 is 0. The first-order valence-electron chi connectivity index (χ1n) is 10.3. The molecule has 0 bridgehead atoms. The number of ether oxygens (including phenoxy) is 4. The molecule has 0 fully saturated rings. The number of nitrogens with zero attached hydrogens (tertiary/aromatic N) is 1. The van der Waals surface area contributed by atoms with Gasteiger partial charge in [0.05, 0.1) is 19.3 Å². The molecule has 6 nitrogen and oxygen atoms in total. The Morgan fingerprint density at radius 3 is 2.12 bits per heavy atom. The highest BCUT2D eigenvalue weighted by molar-refractivity contribution is 5.69. The van der Waals surface area contributed by atoms with Gasteiger partial charge in [-0.1, -0.05) is 30.3 Å². The maximum atomic E-state index is 12.4. The Hall–Kier alpha value is -2.26. The highest BCUT2D eigenvalue weighted by Gasteiger charge is 2.32. The number of benzene rings is 1. The summed E-state index contributed by atoms with van der Waals surface area (Å²) in [5, 5.41) is 0. The molecule has 1 heterocycles. The first-order valence-corrected chi connectivity index (χ1v) is 10.3. The average Bonchev–Trinajstić information content (AvgIpc) is 2.71. The van der Waals surface area contributed by atoms with Gasteiger partial charge in [0.2, 0.25) is 0 Å². The SMILES string of the molecule is COC(CC(F)(F)F)OC.COC1=CCN(C(=O)OC(C)(C)C)[C@H](Cc2ccccc2)C1. The standard InChI is InChI=1S/C18H25NO3.C5H9F3O2/c1-18(2,3)22-17(20)19-11-10-16(21-4)13-15(19)12-14-8-6-5-7-9-14;1-9-4(10-2)3-5(6,7)8/h5-10,15H,11-13H2,1-4H3;4H,3H2,1-2H3/t15-;/m1./s1. The van der Waals surface area contributed by atoms with E-state index in [1.807, 2.05) is 45.0 Å². The third-order valence-electron chi connectivity index (χ3n) is 4.52. The zero-order valence-corrected chi connectivity index (χ0v) is 19.6. The van der Waals surface area contributed by atoms with Crippen LogP contribution in [0.2, 0.25) is 0 Å².